The van der Waals surface area contributed by atoms with Crippen molar-refractivity contribution in [2.45, 2.75) is 39.3 Å². The Balaban J connectivity index is 2.62. The molecule has 1 rings (SSSR count). The summed E-state index contributed by atoms with van der Waals surface area (Å²) in [5.74, 6) is 0. The average Bonchev–Trinajstić information content (AvgIpc) is 2.14. The van der Waals surface area contributed by atoms with Crippen LogP contribution in [0.2, 0.25) is 0 Å². The molecule has 1 unspecified atom stereocenters. The number of nitrogens with zero attached hydrogens (tertiary/aromatic N) is 1. The highest BCUT2D eigenvalue weighted by Gasteiger charge is 2.15. The van der Waals surface area contributed by atoms with Crippen LogP contribution in [-0.4, -0.2) is 22.2 Å². The lowest BCUT2D eigenvalue weighted by Crippen LogP contribution is -2.38. The van der Waals surface area contributed by atoms with Crippen molar-refractivity contribution in [1.29, 1.82) is 0 Å². The minimum Gasteiger partial charge on any atom is -0.385 e. The van der Waals surface area contributed by atoms with E-state index >= 15 is 0 Å². The Kier molecular flexibility index (Phi) is 3.83. The summed E-state index contributed by atoms with van der Waals surface area (Å²) in [6.45, 7) is 8.71. The minimum atomic E-state index is -0.537. The summed E-state index contributed by atoms with van der Waals surface area (Å²) in [5, 5.41) is 13.2. The van der Waals surface area contributed by atoms with E-state index in [0.717, 1.165) is 11.3 Å². The van der Waals surface area contributed by atoms with Crippen molar-refractivity contribution in [2.75, 3.05) is 6.54 Å². The molecule has 0 aliphatic rings. The van der Waals surface area contributed by atoms with Crippen LogP contribution in [0.25, 0.3) is 0 Å². The molecule has 3 nitrogen and oxygen atoms in total. The van der Waals surface area contributed by atoms with Gasteiger partial charge in [-0.3, -0.25) is 4.98 Å². The van der Waals surface area contributed by atoms with Crippen molar-refractivity contribution in [3.05, 3.63) is 29.6 Å². The van der Waals surface area contributed by atoms with Gasteiger partial charge in [0.15, 0.2) is 0 Å². The summed E-state index contributed by atoms with van der Waals surface area (Å²) < 4.78 is 0. The zero-order valence-corrected chi connectivity index (χ0v) is 9.91. The highest BCUT2D eigenvalue weighted by molar-refractivity contribution is 5.20. The largest absolute Gasteiger partial charge is 0.385 e. The molecule has 1 aromatic rings. The average molecular weight is 208 g/mol. The molecule has 0 spiro atoms. The van der Waals surface area contributed by atoms with Crippen LogP contribution in [0.4, 0.5) is 0 Å². The number of aliphatic hydroxyl groups excluding tert-OH is 1. The summed E-state index contributed by atoms with van der Waals surface area (Å²) in [7, 11) is 0. The molecule has 0 saturated heterocycles. The molecular weight excluding hydrogens is 188 g/mol. The van der Waals surface area contributed by atoms with E-state index in [4.69, 9.17) is 0 Å². The molecule has 0 radical (unpaired) electrons. The van der Waals surface area contributed by atoms with Gasteiger partial charge >= 0.3 is 0 Å². The number of aliphatic hydroxyl groups is 1. The quantitative estimate of drug-likeness (QED) is 0.796. The second kappa shape index (κ2) is 4.73. The fourth-order valence-electron chi connectivity index (χ4n) is 1.35. The molecule has 1 aromatic heterocycles. The minimum absolute atomic E-state index is 0.0175. The third-order valence-electron chi connectivity index (χ3n) is 2.19. The highest BCUT2D eigenvalue weighted by Crippen LogP contribution is 2.14. The molecule has 0 aromatic carbocycles. The van der Waals surface area contributed by atoms with Gasteiger partial charge in [-0.25, -0.2) is 0 Å². The van der Waals surface area contributed by atoms with E-state index in [0.29, 0.717) is 6.54 Å². The van der Waals surface area contributed by atoms with Crippen molar-refractivity contribution in [3.8, 4) is 0 Å². The van der Waals surface area contributed by atoms with Crippen LogP contribution in [0.1, 0.15) is 38.1 Å². The van der Waals surface area contributed by atoms with Gasteiger partial charge in [0.1, 0.15) is 6.10 Å². The van der Waals surface area contributed by atoms with Gasteiger partial charge in [-0.2, -0.15) is 0 Å². The standard InChI is InChI=1S/C12H20N2O/c1-9-6-5-7-13-11(9)10(15)8-14-12(2,3)4/h5-7,10,14-15H,8H2,1-4H3. The Hall–Kier alpha value is -0.930. The number of β-amino-alcohol motifs (C(OH)–C–C–N with tert-alkyl or cyclic N) is 1. The molecule has 0 aliphatic heterocycles. The maximum atomic E-state index is 9.94. The van der Waals surface area contributed by atoms with Crippen molar-refractivity contribution < 1.29 is 5.11 Å². The van der Waals surface area contributed by atoms with E-state index in [2.05, 4.69) is 31.1 Å². The lowest BCUT2D eigenvalue weighted by Gasteiger charge is -2.23. The van der Waals surface area contributed by atoms with Gasteiger partial charge in [0.05, 0.1) is 5.69 Å². The number of aromatic nitrogens is 1. The van der Waals surface area contributed by atoms with Crippen molar-refractivity contribution in [2.24, 2.45) is 0 Å². The number of hydrogen-bond acceptors (Lipinski definition) is 3. The van der Waals surface area contributed by atoms with E-state index < -0.39 is 6.10 Å². The Morgan fingerprint density at radius 1 is 1.47 bits per heavy atom. The first kappa shape index (κ1) is 12.1. The Labute approximate surface area is 91.5 Å². The van der Waals surface area contributed by atoms with Gasteiger partial charge in [0.25, 0.3) is 0 Å². The maximum absolute atomic E-state index is 9.94. The summed E-state index contributed by atoms with van der Waals surface area (Å²) in [4.78, 5) is 4.19. The van der Waals surface area contributed by atoms with Gasteiger partial charge < -0.3 is 10.4 Å². The first-order valence-electron chi connectivity index (χ1n) is 5.25. The Morgan fingerprint density at radius 2 is 2.13 bits per heavy atom. The SMILES string of the molecule is Cc1cccnc1C(O)CNC(C)(C)C. The smallest absolute Gasteiger partial charge is 0.109 e. The van der Waals surface area contributed by atoms with Crippen LogP contribution < -0.4 is 5.32 Å². The highest BCUT2D eigenvalue weighted by atomic mass is 16.3. The molecule has 0 fully saturated rings. The van der Waals surface area contributed by atoms with Crippen LogP contribution in [-0.2, 0) is 0 Å². The van der Waals surface area contributed by atoms with Crippen LogP contribution in [0.3, 0.4) is 0 Å². The van der Waals surface area contributed by atoms with E-state index in [-0.39, 0.29) is 5.54 Å². The third kappa shape index (κ3) is 3.98. The fraction of sp³-hybridized carbons (Fsp3) is 0.583. The molecule has 3 heteroatoms. The predicted molar refractivity (Wildman–Crippen MR) is 61.7 cm³/mol. The molecule has 0 bridgehead atoms. The molecule has 1 atom stereocenters. The lowest BCUT2D eigenvalue weighted by molar-refractivity contribution is 0.158. The van der Waals surface area contributed by atoms with Crippen molar-refractivity contribution >= 4 is 0 Å². The molecule has 15 heavy (non-hydrogen) atoms. The number of hydrogen-bond donors (Lipinski definition) is 2. The molecule has 2 N–H and O–H groups in total. The molecule has 0 amide bonds. The first-order valence-corrected chi connectivity index (χ1v) is 5.25. The lowest BCUT2D eigenvalue weighted by atomic mass is 10.1. The predicted octanol–water partition coefficient (Wildman–Crippen LogP) is 1.81. The van der Waals surface area contributed by atoms with Crippen molar-refractivity contribution in [3.63, 3.8) is 0 Å². The third-order valence-corrected chi connectivity index (χ3v) is 2.19. The summed E-state index contributed by atoms with van der Waals surface area (Å²) in [5.41, 5.74) is 1.80. The summed E-state index contributed by atoms with van der Waals surface area (Å²) in [6, 6.07) is 3.84. The van der Waals surface area contributed by atoms with Crippen LogP contribution in [0, 0.1) is 6.92 Å². The normalized spacial score (nSPS) is 13.9. The molecule has 84 valence electrons. The van der Waals surface area contributed by atoms with Gasteiger partial charge in [0.2, 0.25) is 0 Å². The van der Waals surface area contributed by atoms with Crippen LogP contribution in [0.5, 0.6) is 0 Å². The molecule has 0 aliphatic carbocycles. The zero-order chi connectivity index (χ0) is 11.5. The number of rotatable bonds is 3. The number of pyridine rings is 1. The second-order valence-electron chi connectivity index (χ2n) is 4.85. The van der Waals surface area contributed by atoms with Crippen molar-refractivity contribution in [1.82, 2.24) is 10.3 Å². The monoisotopic (exact) mass is 208 g/mol. The van der Waals surface area contributed by atoms with Crippen LogP contribution >= 0.6 is 0 Å². The molecule has 1 heterocycles. The van der Waals surface area contributed by atoms with Gasteiger partial charge in [-0.15, -0.1) is 0 Å². The molecule has 0 saturated carbocycles. The van der Waals surface area contributed by atoms with E-state index in [1.54, 1.807) is 6.20 Å². The fourth-order valence-corrected chi connectivity index (χ4v) is 1.35. The van der Waals surface area contributed by atoms with E-state index in [1.165, 1.54) is 0 Å². The van der Waals surface area contributed by atoms with E-state index in [1.807, 2.05) is 19.1 Å². The van der Waals surface area contributed by atoms with Gasteiger partial charge in [-0.1, -0.05) is 6.07 Å². The zero-order valence-electron chi connectivity index (χ0n) is 9.91. The van der Waals surface area contributed by atoms with Gasteiger partial charge in [-0.05, 0) is 39.3 Å². The summed E-state index contributed by atoms with van der Waals surface area (Å²) >= 11 is 0. The molecular formula is C12H20N2O. The van der Waals surface area contributed by atoms with Gasteiger partial charge in [0, 0.05) is 18.3 Å². The van der Waals surface area contributed by atoms with Crippen LogP contribution in [0.15, 0.2) is 18.3 Å². The Morgan fingerprint density at radius 3 is 2.67 bits per heavy atom. The Bertz CT molecular complexity index is 318. The van der Waals surface area contributed by atoms with E-state index in [9.17, 15) is 5.11 Å². The number of nitrogens with one attached hydrogen (secondary N) is 1. The maximum Gasteiger partial charge on any atom is 0.109 e. The topological polar surface area (TPSA) is 45.2 Å². The number of aryl methyl sites for hydroxylation is 1. The second-order valence-corrected chi connectivity index (χ2v) is 4.85. The first-order chi connectivity index (χ1) is 6.90. The summed E-state index contributed by atoms with van der Waals surface area (Å²) in [6.07, 6.45) is 1.17.